The van der Waals surface area contributed by atoms with Crippen LogP contribution in [-0.2, 0) is 22.6 Å². The molecule has 1 saturated heterocycles. The Bertz CT molecular complexity index is 1620. The number of nitrogens with zero attached hydrogens (tertiary/aromatic N) is 2. The number of nitrogens with one attached hydrogen (secondary N) is 1. The third kappa shape index (κ3) is 8.07. The second-order valence-electron chi connectivity index (χ2n) is 10.9. The molecule has 1 aliphatic heterocycles. The second-order valence-corrected chi connectivity index (χ2v) is 11.3. The third-order valence-electron chi connectivity index (χ3n) is 8.06. The van der Waals surface area contributed by atoms with Crippen molar-refractivity contribution >= 4 is 35.4 Å². The molecule has 1 fully saturated rings. The molecule has 0 aliphatic carbocycles. The number of carboxylic acids is 1. The van der Waals surface area contributed by atoms with Crippen molar-refractivity contribution in [3.63, 3.8) is 0 Å². The van der Waals surface area contributed by atoms with Gasteiger partial charge in [-0.15, -0.1) is 0 Å². The first kappa shape index (κ1) is 34.9. The summed E-state index contributed by atoms with van der Waals surface area (Å²) in [4.78, 5) is 55.8. The zero-order valence-electron chi connectivity index (χ0n) is 26.9. The number of hydrogen-bond donors (Lipinski definition) is 2. The normalized spacial score (nSPS) is 15.5. The van der Waals surface area contributed by atoms with Crippen LogP contribution < -0.4 is 24.3 Å². The number of methoxy groups -OCH3 is 4. The summed E-state index contributed by atoms with van der Waals surface area (Å²) in [7, 11) is 5.99. The van der Waals surface area contributed by atoms with Crippen molar-refractivity contribution in [1.29, 1.82) is 0 Å². The van der Waals surface area contributed by atoms with Crippen molar-refractivity contribution < 1.29 is 43.2 Å². The van der Waals surface area contributed by atoms with Gasteiger partial charge in [0.05, 0.1) is 58.1 Å². The summed E-state index contributed by atoms with van der Waals surface area (Å²) in [6.07, 6.45) is 0.516. The van der Waals surface area contributed by atoms with E-state index in [0.717, 1.165) is 4.90 Å². The van der Waals surface area contributed by atoms with E-state index in [1.165, 1.54) is 45.5 Å². The van der Waals surface area contributed by atoms with Crippen molar-refractivity contribution in [2.75, 3.05) is 41.5 Å². The first-order valence-corrected chi connectivity index (χ1v) is 15.2. The van der Waals surface area contributed by atoms with Gasteiger partial charge in [-0.2, -0.15) is 0 Å². The van der Waals surface area contributed by atoms with Crippen LogP contribution in [0.1, 0.15) is 46.4 Å². The molecule has 3 aromatic rings. The summed E-state index contributed by atoms with van der Waals surface area (Å²) in [5.74, 6) is -1.19. The Morgan fingerprint density at radius 2 is 1.64 bits per heavy atom. The highest BCUT2D eigenvalue weighted by molar-refractivity contribution is 6.30. The van der Waals surface area contributed by atoms with Crippen LogP contribution in [0.3, 0.4) is 0 Å². The van der Waals surface area contributed by atoms with Crippen molar-refractivity contribution in [2.45, 2.75) is 32.4 Å². The number of imide groups is 1. The van der Waals surface area contributed by atoms with Crippen LogP contribution >= 0.6 is 11.6 Å². The molecular weight excluding hydrogens is 630 g/mol. The number of carbonyl (C=O) groups is 4. The first-order chi connectivity index (χ1) is 22.5. The topological polar surface area (TPSA) is 144 Å². The van der Waals surface area contributed by atoms with Crippen LogP contribution in [0.15, 0.2) is 54.6 Å². The van der Waals surface area contributed by atoms with Gasteiger partial charge >= 0.3 is 12.0 Å². The summed E-state index contributed by atoms with van der Waals surface area (Å²) in [6.45, 7) is 1.27. The molecule has 1 aliphatic rings. The van der Waals surface area contributed by atoms with E-state index in [-0.39, 0.29) is 25.1 Å². The fourth-order valence-electron chi connectivity index (χ4n) is 5.59. The van der Waals surface area contributed by atoms with Crippen LogP contribution in [0, 0.1) is 5.92 Å². The minimum absolute atomic E-state index is 0.0145. The van der Waals surface area contributed by atoms with Crippen LogP contribution in [-0.4, -0.2) is 80.2 Å². The maximum atomic E-state index is 14.2. The van der Waals surface area contributed by atoms with Gasteiger partial charge in [0.25, 0.3) is 0 Å². The Morgan fingerprint density at radius 1 is 0.957 bits per heavy atom. The summed E-state index contributed by atoms with van der Waals surface area (Å²) < 4.78 is 22.1. The molecule has 250 valence electrons. The van der Waals surface area contributed by atoms with Crippen molar-refractivity contribution in [3.8, 4) is 23.0 Å². The zero-order chi connectivity index (χ0) is 34.2. The maximum absolute atomic E-state index is 14.2. The van der Waals surface area contributed by atoms with Crippen molar-refractivity contribution in [3.05, 3.63) is 81.9 Å². The standard InChI is InChI=1S/C34H38ClN3O9/c1-6-27(20-8-7-9-21(12-20)33(41)42)36-34(43)38-19-31(39)37(18-26-29(46-4)15-25(44-2)16-30(26)47-5)17-23(32(38)40)13-22-14-24(35)10-11-28(22)45-3/h7-12,14-16,23,27H,6,13,17-19H2,1-5H3,(H,36,43)(H,41,42)/t23-,27-/m1/s1. The fraction of sp³-hybridized carbons (Fsp3) is 0.353. The summed E-state index contributed by atoms with van der Waals surface area (Å²) >= 11 is 6.30. The Balaban J connectivity index is 1.71. The molecule has 1 heterocycles. The smallest absolute Gasteiger partial charge is 0.335 e. The number of carbonyl (C=O) groups excluding carboxylic acids is 3. The molecule has 0 radical (unpaired) electrons. The minimum Gasteiger partial charge on any atom is -0.496 e. The molecule has 4 amide bonds. The number of amides is 4. The monoisotopic (exact) mass is 667 g/mol. The molecule has 0 bridgehead atoms. The molecule has 0 spiro atoms. The average Bonchev–Trinajstić information content (AvgIpc) is 3.18. The van der Waals surface area contributed by atoms with Crippen LogP contribution in [0.4, 0.5) is 4.79 Å². The van der Waals surface area contributed by atoms with Gasteiger partial charge in [-0.25, -0.2) is 9.59 Å². The van der Waals surface area contributed by atoms with Crippen LogP contribution in [0.2, 0.25) is 5.02 Å². The number of urea groups is 1. The predicted octanol–water partition coefficient (Wildman–Crippen LogP) is 4.96. The number of hydrogen-bond acceptors (Lipinski definition) is 8. The SMILES string of the molecule is CC[C@@H](NC(=O)N1CC(=O)N(Cc2c(OC)cc(OC)cc2OC)C[C@@H](Cc2cc(Cl)ccc2OC)C1=O)c1cccc(C(=O)O)c1. The highest BCUT2D eigenvalue weighted by atomic mass is 35.5. The molecule has 4 rings (SSSR count). The highest BCUT2D eigenvalue weighted by Crippen LogP contribution is 2.36. The van der Waals surface area contributed by atoms with E-state index in [4.69, 9.17) is 30.5 Å². The van der Waals surface area contributed by atoms with Gasteiger partial charge in [-0.3, -0.25) is 14.5 Å². The lowest BCUT2D eigenvalue weighted by molar-refractivity contribution is -0.135. The van der Waals surface area contributed by atoms with E-state index in [0.29, 0.717) is 51.1 Å². The van der Waals surface area contributed by atoms with Gasteiger partial charge in [0.15, 0.2) is 0 Å². The van der Waals surface area contributed by atoms with E-state index in [1.54, 1.807) is 42.5 Å². The molecule has 12 nitrogen and oxygen atoms in total. The van der Waals surface area contributed by atoms with E-state index < -0.39 is 42.3 Å². The van der Waals surface area contributed by atoms with Gasteiger partial charge in [0, 0.05) is 23.7 Å². The summed E-state index contributed by atoms with van der Waals surface area (Å²) in [6, 6.07) is 13.2. The predicted molar refractivity (Wildman–Crippen MR) is 173 cm³/mol. The molecule has 2 atom stereocenters. The molecule has 47 heavy (non-hydrogen) atoms. The average molecular weight is 668 g/mol. The van der Waals surface area contributed by atoms with Crippen LogP contribution in [0.5, 0.6) is 23.0 Å². The van der Waals surface area contributed by atoms with Gasteiger partial charge < -0.3 is 34.3 Å². The number of ether oxygens (including phenoxy) is 4. The lowest BCUT2D eigenvalue weighted by Gasteiger charge is -2.26. The minimum atomic E-state index is -1.11. The van der Waals surface area contributed by atoms with Gasteiger partial charge in [-0.05, 0) is 54.3 Å². The molecule has 0 aromatic heterocycles. The number of halogens is 1. The Hall–Kier alpha value is -4.97. The number of aromatic carboxylic acids is 1. The third-order valence-corrected chi connectivity index (χ3v) is 8.30. The number of rotatable bonds is 12. The van der Waals surface area contributed by atoms with Crippen LogP contribution in [0.25, 0.3) is 0 Å². The Kier molecular flexibility index (Phi) is 11.5. The largest absolute Gasteiger partial charge is 0.496 e. The van der Waals surface area contributed by atoms with Crippen molar-refractivity contribution in [1.82, 2.24) is 15.1 Å². The quantitative estimate of drug-likeness (QED) is 0.274. The van der Waals surface area contributed by atoms with Gasteiger partial charge in [0.2, 0.25) is 11.8 Å². The number of carboxylic acid groups (broad SMARTS) is 1. The molecule has 13 heteroatoms. The second kappa shape index (κ2) is 15.5. The van der Waals surface area contributed by atoms with E-state index in [2.05, 4.69) is 5.32 Å². The number of benzene rings is 3. The van der Waals surface area contributed by atoms with Gasteiger partial charge in [-0.1, -0.05) is 30.7 Å². The summed E-state index contributed by atoms with van der Waals surface area (Å²) in [5.41, 5.74) is 1.80. The van der Waals surface area contributed by atoms with Crippen molar-refractivity contribution in [2.24, 2.45) is 5.92 Å². The first-order valence-electron chi connectivity index (χ1n) is 14.9. The Morgan fingerprint density at radius 3 is 2.23 bits per heavy atom. The zero-order valence-corrected chi connectivity index (χ0v) is 27.6. The van der Waals surface area contributed by atoms with Gasteiger partial charge in [0.1, 0.15) is 29.5 Å². The molecular formula is C34H38ClN3O9. The lowest BCUT2D eigenvalue weighted by Crippen LogP contribution is -2.48. The Labute approximate surface area is 278 Å². The maximum Gasteiger partial charge on any atom is 0.335 e. The molecule has 3 aromatic carbocycles. The van der Waals surface area contributed by atoms with E-state index >= 15 is 0 Å². The van der Waals surface area contributed by atoms with E-state index in [9.17, 15) is 24.3 Å². The summed E-state index contributed by atoms with van der Waals surface area (Å²) in [5, 5.41) is 12.7. The molecule has 0 saturated carbocycles. The fourth-order valence-corrected chi connectivity index (χ4v) is 5.78. The van der Waals surface area contributed by atoms with E-state index in [1.807, 2.05) is 6.92 Å². The lowest BCUT2D eigenvalue weighted by atomic mass is 9.96. The highest BCUT2D eigenvalue weighted by Gasteiger charge is 2.39. The molecule has 2 N–H and O–H groups in total. The molecule has 0 unspecified atom stereocenters.